The molecule has 1 aliphatic rings. The Kier molecular flexibility index (Phi) is 4.65. The third kappa shape index (κ3) is 3.13. The molecule has 26 heavy (non-hydrogen) atoms. The predicted octanol–water partition coefficient (Wildman–Crippen LogP) is 2.52. The first kappa shape index (κ1) is 17.9. The van der Waals surface area contributed by atoms with Crippen LogP contribution in [0.1, 0.15) is 18.1 Å². The molecule has 2 aromatic rings. The number of amides is 4. The zero-order valence-corrected chi connectivity index (χ0v) is 14.5. The minimum absolute atomic E-state index is 0.00968. The number of nitrogens with one attached hydrogen (secondary N) is 2. The summed E-state index contributed by atoms with van der Waals surface area (Å²) in [6, 6.07) is 11.9. The van der Waals surface area contributed by atoms with Crippen molar-refractivity contribution in [1.82, 2.24) is 15.8 Å². The van der Waals surface area contributed by atoms with E-state index in [0.717, 1.165) is 0 Å². The van der Waals surface area contributed by atoms with Crippen LogP contribution in [-0.4, -0.2) is 22.9 Å². The molecule has 4 amide bonds. The van der Waals surface area contributed by atoms with Gasteiger partial charge < -0.3 is 5.32 Å². The molecule has 0 saturated carbocycles. The molecule has 1 fully saturated rings. The highest BCUT2D eigenvalue weighted by molar-refractivity contribution is 6.31. The van der Waals surface area contributed by atoms with Gasteiger partial charge in [0.2, 0.25) is 5.91 Å². The second-order valence-corrected chi connectivity index (χ2v) is 6.38. The second-order valence-electron chi connectivity index (χ2n) is 5.97. The van der Waals surface area contributed by atoms with Crippen LogP contribution in [-0.2, 0) is 21.5 Å². The van der Waals surface area contributed by atoms with Crippen LogP contribution in [0.25, 0.3) is 0 Å². The Morgan fingerprint density at radius 1 is 1.19 bits per heavy atom. The fourth-order valence-electron chi connectivity index (χ4n) is 2.73. The van der Waals surface area contributed by atoms with E-state index in [4.69, 9.17) is 11.6 Å². The number of hydrogen-bond acceptors (Lipinski definition) is 3. The summed E-state index contributed by atoms with van der Waals surface area (Å²) in [5.41, 5.74) is 1.48. The van der Waals surface area contributed by atoms with E-state index in [9.17, 15) is 18.8 Å². The zero-order valence-electron chi connectivity index (χ0n) is 13.8. The number of halogens is 2. The minimum atomic E-state index is -1.30. The Morgan fingerprint density at radius 2 is 1.88 bits per heavy atom. The van der Waals surface area contributed by atoms with Crippen molar-refractivity contribution < 1.29 is 18.8 Å². The van der Waals surface area contributed by atoms with Gasteiger partial charge in [0.15, 0.2) is 0 Å². The largest absolute Gasteiger partial charge is 0.344 e. The van der Waals surface area contributed by atoms with Crippen LogP contribution in [0.2, 0.25) is 5.02 Å². The Balaban J connectivity index is 1.77. The molecular weight excluding hydrogens is 361 g/mol. The summed E-state index contributed by atoms with van der Waals surface area (Å²) in [5.74, 6) is -2.02. The van der Waals surface area contributed by atoms with Crippen molar-refractivity contribution in [3.8, 4) is 0 Å². The highest BCUT2D eigenvalue weighted by Gasteiger charge is 2.49. The van der Waals surface area contributed by atoms with Gasteiger partial charge in [0, 0.05) is 10.6 Å². The number of imide groups is 1. The molecule has 1 aliphatic heterocycles. The summed E-state index contributed by atoms with van der Waals surface area (Å²) in [7, 11) is 0. The van der Waals surface area contributed by atoms with E-state index < -0.39 is 35.6 Å². The average Bonchev–Trinajstić information content (AvgIpc) is 2.83. The first-order chi connectivity index (χ1) is 12.3. The summed E-state index contributed by atoms with van der Waals surface area (Å²) >= 11 is 5.89. The maximum atomic E-state index is 13.8. The number of rotatable bonds is 4. The first-order valence-corrected chi connectivity index (χ1v) is 8.15. The lowest BCUT2D eigenvalue weighted by Gasteiger charge is -2.22. The van der Waals surface area contributed by atoms with Crippen LogP contribution >= 0.6 is 11.6 Å². The minimum Gasteiger partial charge on any atom is -0.318 e. The van der Waals surface area contributed by atoms with Gasteiger partial charge in [-0.15, -0.1) is 0 Å². The molecule has 0 spiro atoms. The molecule has 1 heterocycles. The van der Waals surface area contributed by atoms with Crippen molar-refractivity contribution in [2.45, 2.75) is 18.9 Å². The zero-order chi connectivity index (χ0) is 18.9. The topological polar surface area (TPSA) is 78.5 Å². The van der Waals surface area contributed by atoms with E-state index in [1.54, 1.807) is 37.3 Å². The van der Waals surface area contributed by atoms with Gasteiger partial charge in [-0.3, -0.25) is 15.0 Å². The fourth-order valence-corrected chi connectivity index (χ4v) is 2.96. The lowest BCUT2D eigenvalue weighted by molar-refractivity contribution is -0.138. The number of carbonyl (C=O) groups excluding carboxylic acids is 3. The fraction of sp³-hybridized carbons (Fsp3) is 0.167. The van der Waals surface area contributed by atoms with E-state index in [1.165, 1.54) is 18.2 Å². The van der Waals surface area contributed by atoms with Crippen molar-refractivity contribution in [3.63, 3.8) is 0 Å². The summed E-state index contributed by atoms with van der Waals surface area (Å²) in [5, 5.41) is 3.25. The normalized spacial score (nSPS) is 19.4. The Labute approximate surface area is 153 Å². The third-order valence-corrected chi connectivity index (χ3v) is 4.53. The lowest BCUT2D eigenvalue weighted by atomic mass is 9.92. The molecule has 0 aliphatic carbocycles. The van der Waals surface area contributed by atoms with Crippen LogP contribution in [0.3, 0.4) is 0 Å². The number of benzene rings is 2. The van der Waals surface area contributed by atoms with Crippen LogP contribution in [0.15, 0.2) is 48.5 Å². The van der Waals surface area contributed by atoms with E-state index in [1.807, 2.05) is 0 Å². The standard InChI is InChI=1S/C18H15ClFN3O3/c1-18(11-6-3-2-4-7-11)16(25)23(17(26)21-18)22-15(24)10-12-13(19)8-5-9-14(12)20/h2-9H,10H2,1H3,(H,21,26)(H,22,24)/t18-/m0/s1. The van der Waals surface area contributed by atoms with Crippen molar-refractivity contribution in [2.24, 2.45) is 0 Å². The summed E-state index contributed by atoms with van der Waals surface area (Å²) in [6.07, 6.45) is -0.412. The van der Waals surface area contributed by atoms with Gasteiger partial charge in [0.25, 0.3) is 5.91 Å². The SMILES string of the molecule is C[C@@]1(c2ccccc2)NC(=O)N(NC(=O)Cc2c(F)cccc2Cl)C1=O. The molecule has 134 valence electrons. The molecule has 0 bridgehead atoms. The highest BCUT2D eigenvalue weighted by atomic mass is 35.5. The van der Waals surface area contributed by atoms with Crippen molar-refractivity contribution >= 4 is 29.4 Å². The van der Waals surface area contributed by atoms with Crippen LogP contribution < -0.4 is 10.7 Å². The molecule has 2 N–H and O–H groups in total. The summed E-state index contributed by atoms with van der Waals surface area (Å²) in [4.78, 5) is 37.1. The Bertz CT molecular complexity index is 870. The van der Waals surface area contributed by atoms with Crippen molar-refractivity contribution in [1.29, 1.82) is 0 Å². The van der Waals surface area contributed by atoms with Crippen LogP contribution in [0.4, 0.5) is 9.18 Å². The first-order valence-electron chi connectivity index (χ1n) is 7.77. The molecule has 0 unspecified atom stereocenters. The molecule has 2 aromatic carbocycles. The van der Waals surface area contributed by atoms with Gasteiger partial charge in [0.05, 0.1) is 6.42 Å². The molecule has 1 atom stereocenters. The molecule has 3 rings (SSSR count). The maximum Gasteiger partial charge on any atom is 0.344 e. The lowest BCUT2D eigenvalue weighted by Crippen LogP contribution is -2.48. The molecule has 0 aromatic heterocycles. The van der Waals surface area contributed by atoms with Gasteiger partial charge in [-0.05, 0) is 24.6 Å². The number of urea groups is 1. The van der Waals surface area contributed by atoms with Crippen LogP contribution in [0.5, 0.6) is 0 Å². The molecule has 6 nitrogen and oxygen atoms in total. The van der Waals surface area contributed by atoms with Crippen molar-refractivity contribution in [3.05, 3.63) is 70.5 Å². The van der Waals surface area contributed by atoms with Gasteiger partial charge in [0.1, 0.15) is 11.4 Å². The molecule has 0 radical (unpaired) electrons. The Hall–Kier alpha value is -2.93. The highest BCUT2D eigenvalue weighted by Crippen LogP contribution is 2.27. The van der Waals surface area contributed by atoms with Gasteiger partial charge >= 0.3 is 6.03 Å². The number of hydrazine groups is 1. The number of hydrogen-bond donors (Lipinski definition) is 2. The maximum absolute atomic E-state index is 13.8. The summed E-state index contributed by atoms with van der Waals surface area (Å²) < 4.78 is 13.8. The number of carbonyl (C=O) groups is 3. The van der Waals surface area contributed by atoms with Gasteiger partial charge in [-0.25, -0.2) is 9.18 Å². The van der Waals surface area contributed by atoms with E-state index in [-0.39, 0.29) is 10.6 Å². The van der Waals surface area contributed by atoms with E-state index in [0.29, 0.717) is 10.6 Å². The Morgan fingerprint density at radius 3 is 2.54 bits per heavy atom. The van der Waals surface area contributed by atoms with Crippen molar-refractivity contribution in [2.75, 3.05) is 0 Å². The van der Waals surface area contributed by atoms with E-state index >= 15 is 0 Å². The second kappa shape index (κ2) is 6.76. The monoisotopic (exact) mass is 375 g/mol. The molecular formula is C18H15ClFN3O3. The molecule has 1 saturated heterocycles. The third-order valence-electron chi connectivity index (χ3n) is 4.18. The molecule has 8 heteroatoms. The smallest absolute Gasteiger partial charge is 0.318 e. The summed E-state index contributed by atoms with van der Waals surface area (Å²) in [6.45, 7) is 1.54. The quantitative estimate of drug-likeness (QED) is 0.806. The average molecular weight is 376 g/mol. The van der Waals surface area contributed by atoms with Gasteiger partial charge in [-0.2, -0.15) is 5.01 Å². The van der Waals surface area contributed by atoms with Crippen LogP contribution in [0, 0.1) is 5.82 Å². The number of nitrogens with zero attached hydrogens (tertiary/aromatic N) is 1. The van der Waals surface area contributed by atoms with Gasteiger partial charge in [-0.1, -0.05) is 48.0 Å². The van der Waals surface area contributed by atoms with E-state index in [2.05, 4.69) is 10.7 Å². The predicted molar refractivity (Wildman–Crippen MR) is 92.4 cm³/mol.